The average molecular weight is 279 g/mol. The molecule has 0 spiro atoms. The molecular formula is C11H21NO5S. The van der Waals surface area contributed by atoms with E-state index in [1.807, 2.05) is 0 Å². The van der Waals surface area contributed by atoms with Crippen LogP contribution in [0.3, 0.4) is 0 Å². The molecule has 0 saturated carbocycles. The Bertz CT molecular complexity index is 427. The van der Waals surface area contributed by atoms with Crippen LogP contribution in [0.25, 0.3) is 0 Å². The molecule has 0 saturated heterocycles. The molecule has 0 aromatic rings. The molecule has 0 rings (SSSR count). The summed E-state index contributed by atoms with van der Waals surface area (Å²) in [6, 6.07) is -1.08. The van der Waals surface area contributed by atoms with Crippen LogP contribution in [0.15, 0.2) is 0 Å². The number of rotatable bonds is 6. The van der Waals surface area contributed by atoms with Gasteiger partial charge in [0.1, 0.15) is 10.8 Å². The van der Waals surface area contributed by atoms with Crippen molar-refractivity contribution in [1.82, 2.24) is 5.32 Å². The van der Waals surface area contributed by atoms with E-state index in [-0.39, 0.29) is 5.92 Å². The molecule has 1 unspecified atom stereocenters. The Morgan fingerprint density at radius 3 is 2.06 bits per heavy atom. The highest BCUT2D eigenvalue weighted by Gasteiger charge is 2.40. The number of hydrogen-bond donors (Lipinski definition) is 2. The Morgan fingerprint density at radius 2 is 1.78 bits per heavy atom. The Kier molecular flexibility index (Phi) is 5.34. The quantitative estimate of drug-likeness (QED) is 0.734. The van der Waals surface area contributed by atoms with Crippen molar-refractivity contribution in [1.29, 1.82) is 0 Å². The van der Waals surface area contributed by atoms with E-state index in [1.54, 1.807) is 13.8 Å². The van der Waals surface area contributed by atoms with Gasteiger partial charge in [0.2, 0.25) is 5.91 Å². The van der Waals surface area contributed by atoms with Gasteiger partial charge in [0, 0.05) is 6.26 Å². The lowest BCUT2D eigenvalue weighted by Gasteiger charge is -2.26. The number of carboxylic acid groups (broad SMARTS) is 1. The molecule has 0 fully saturated rings. The van der Waals surface area contributed by atoms with Gasteiger partial charge in [0.25, 0.3) is 0 Å². The maximum Gasteiger partial charge on any atom is 0.326 e. The molecule has 0 radical (unpaired) electrons. The van der Waals surface area contributed by atoms with Gasteiger partial charge < -0.3 is 10.4 Å². The van der Waals surface area contributed by atoms with Crippen LogP contribution in [0, 0.1) is 5.92 Å². The van der Waals surface area contributed by atoms with Crippen molar-refractivity contribution < 1.29 is 23.1 Å². The second-order valence-electron chi connectivity index (χ2n) is 4.96. The number of hydrogen-bond acceptors (Lipinski definition) is 4. The van der Waals surface area contributed by atoms with Gasteiger partial charge in [0.05, 0.1) is 0 Å². The molecule has 0 heterocycles. The maximum atomic E-state index is 11.9. The molecule has 2 N–H and O–H groups in total. The number of aliphatic carboxylic acids is 1. The highest BCUT2D eigenvalue weighted by atomic mass is 32.2. The third-order valence-corrected chi connectivity index (χ3v) is 5.28. The minimum Gasteiger partial charge on any atom is -0.480 e. The predicted molar refractivity (Wildman–Crippen MR) is 67.9 cm³/mol. The largest absolute Gasteiger partial charge is 0.480 e. The fraction of sp³-hybridized carbons (Fsp3) is 0.818. The Hall–Kier alpha value is -1.11. The first kappa shape index (κ1) is 16.9. The number of carboxylic acids is 1. The van der Waals surface area contributed by atoms with Crippen molar-refractivity contribution in [3.05, 3.63) is 0 Å². The van der Waals surface area contributed by atoms with Gasteiger partial charge in [-0.2, -0.15) is 0 Å². The van der Waals surface area contributed by atoms with E-state index in [0.29, 0.717) is 6.42 Å². The number of carbonyl (C=O) groups excluding carboxylic acids is 1. The Balaban J connectivity index is 5.10. The molecule has 0 aromatic carbocycles. The SMILES string of the molecule is CCC(C)[C@H](NC(=O)C(C)(C)S(C)(=O)=O)C(=O)O. The van der Waals surface area contributed by atoms with Crippen LogP contribution in [0.4, 0.5) is 0 Å². The monoisotopic (exact) mass is 279 g/mol. The summed E-state index contributed by atoms with van der Waals surface area (Å²) in [6.07, 6.45) is 1.52. The van der Waals surface area contributed by atoms with Crippen molar-refractivity contribution in [3.63, 3.8) is 0 Å². The smallest absolute Gasteiger partial charge is 0.326 e. The van der Waals surface area contributed by atoms with Crippen LogP contribution in [-0.4, -0.2) is 42.4 Å². The Labute approximate surface area is 108 Å². The lowest BCUT2D eigenvalue weighted by atomic mass is 9.98. The van der Waals surface area contributed by atoms with Crippen molar-refractivity contribution in [2.24, 2.45) is 5.92 Å². The van der Waals surface area contributed by atoms with E-state index < -0.39 is 32.5 Å². The van der Waals surface area contributed by atoms with Gasteiger partial charge in [0.15, 0.2) is 9.84 Å². The van der Waals surface area contributed by atoms with Crippen LogP contribution in [-0.2, 0) is 19.4 Å². The van der Waals surface area contributed by atoms with Gasteiger partial charge in [-0.1, -0.05) is 20.3 Å². The van der Waals surface area contributed by atoms with E-state index in [0.717, 1.165) is 6.26 Å². The summed E-state index contributed by atoms with van der Waals surface area (Å²) in [5, 5.41) is 11.3. The summed E-state index contributed by atoms with van der Waals surface area (Å²) < 4.78 is 21.3. The van der Waals surface area contributed by atoms with Crippen LogP contribution < -0.4 is 5.32 Å². The standard InChI is InChI=1S/C11H21NO5S/c1-6-7(2)8(9(13)14)12-10(15)11(3,4)18(5,16)17/h7-8H,6H2,1-5H3,(H,12,15)(H,13,14)/t7?,8-/m0/s1. The summed E-state index contributed by atoms with van der Waals surface area (Å²) in [7, 11) is -3.61. The molecular weight excluding hydrogens is 258 g/mol. The minimum atomic E-state index is -3.61. The van der Waals surface area contributed by atoms with Crippen LogP contribution in [0.2, 0.25) is 0 Å². The van der Waals surface area contributed by atoms with E-state index in [4.69, 9.17) is 5.11 Å². The average Bonchev–Trinajstić information content (AvgIpc) is 2.22. The van der Waals surface area contributed by atoms with Crippen molar-refractivity contribution >= 4 is 21.7 Å². The van der Waals surface area contributed by atoms with Crippen molar-refractivity contribution in [2.45, 2.75) is 44.9 Å². The number of sulfone groups is 1. The number of carbonyl (C=O) groups is 2. The lowest BCUT2D eigenvalue weighted by Crippen LogP contribution is -2.54. The van der Waals surface area contributed by atoms with Gasteiger partial charge >= 0.3 is 5.97 Å². The zero-order chi connectivity index (χ0) is 14.7. The van der Waals surface area contributed by atoms with E-state index in [1.165, 1.54) is 13.8 Å². The second-order valence-corrected chi connectivity index (χ2v) is 7.52. The van der Waals surface area contributed by atoms with E-state index >= 15 is 0 Å². The van der Waals surface area contributed by atoms with Gasteiger partial charge in [-0.3, -0.25) is 4.79 Å². The molecule has 2 atom stereocenters. The molecule has 0 aliphatic rings. The predicted octanol–water partition coefficient (Wildman–Crippen LogP) is 0.425. The molecule has 0 aliphatic carbocycles. The minimum absolute atomic E-state index is 0.276. The lowest BCUT2D eigenvalue weighted by molar-refractivity contribution is -0.143. The third-order valence-electron chi connectivity index (χ3n) is 3.24. The fourth-order valence-electron chi connectivity index (χ4n) is 1.17. The first-order valence-corrected chi connectivity index (χ1v) is 7.57. The summed E-state index contributed by atoms with van der Waals surface area (Å²) in [5.74, 6) is -2.23. The summed E-state index contributed by atoms with van der Waals surface area (Å²) in [6.45, 7) is 6.00. The zero-order valence-corrected chi connectivity index (χ0v) is 12.2. The van der Waals surface area contributed by atoms with Crippen LogP contribution >= 0.6 is 0 Å². The first-order chi connectivity index (χ1) is 7.95. The zero-order valence-electron chi connectivity index (χ0n) is 11.4. The molecule has 0 aromatic heterocycles. The number of nitrogens with one attached hydrogen (secondary N) is 1. The first-order valence-electron chi connectivity index (χ1n) is 5.68. The highest BCUT2D eigenvalue weighted by molar-refractivity contribution is 7.92. The molecule has 0 aliphatic heterocycles. The highest BCUT2D eigenvalue weighted by Crippen LogP contribution is 2.17. The summed E-state index contributed by atoms with van der Waals surface area (Å²) >= 11 is 0. The van der Waals surface area contributed by atoms with Gasteiger partial charge in [-0.15, -0.1) is 0 Å². The molecule has 106 valence electrons. The molecule has 18 heavy (non-hydrogen) atoms. The number of amides is 1. The van der Waals surface area contributed by atoms with E-state index in [9.17, 15) is 18.0 Å². The molecule has 7 heteroatoms. The normalized spacial score (nSPS) is 15.8. The second kappa shape index (κ2) is 5.69. The third kappa shape index (κ3) is 3.69. The summed E-state index contributed by atoms with van der Waals surface area (Å²) in [5.41, 5.74) is 0. The fourth-order valence-corrected chi connectivity index (χ4v) is 1.56. The van der Waals surface area contributed by atoms with Gasteiger partial charge in [-0.05, 0) is 19.8 Å². The summed E-state index contributed by atoms with van der Waals surface area (Å²) in [4.78, 5) is 22.9. The van der Waals surface area contributed by atoms with E-state index in [2.05, 4.69) is 5.32 Å². The molecule has 6 nitrogen and oxygen atoms in total. The molecule has 0 bridgehead atoms. The van der Waals surface area contributed by atoms with Crippen LogP contribution in [0.5, 0.6) is 0 Å². The Morgan fingerprint density at radius 1 is 1.33 bits per heavy atom. The van der Waals surface area contributed by atoms with Crippen LogP contribution in [0.1, 0.15) is 34.1 Å². The molecule has 1 amide bonds. The topological polar surface area (TPSA) is 101 Å². The van der Waals surface area contributed by atoms with Gasteiger partial charge in [-0.25, -0.2) is 13.2 Å². The van der Waals surface area contributed by atoms with Crippen molar-refractivity contribution in [2.75, 3.05) is 6.26 Å². The maximum absolute atomic E-state index is 11.9. The van der Waals surface area contributed by atoms with Crippen molar-refractivity contribution in [3.8, 4) is 0 Å².